The van der Waals surface area contributed by atoms with E-state index in [2.05, 4.69) is 10.3 Å². The smallest absolute Gasteiger partial charge is 0.351 e. The number of hydrogen-bond donors (Lipinski definition) is 1. The molecule has 0 unspecified atom stereocenters. The average molecular weight is 396 g/mol. The van der Waals surface area contributed by atoms with Crippen molar-refractivity contribution in [3.8, 4) is 10.6 Å². The number of rotatable bonds is 5. The minimum absolute atomic E-state index is 0.213. The summed E-state index contributed by atoms with van der Waals surface area (Å²) < 4.78 is 38.0. The second kappa shape index (κ2) is 7.59. The molecule has 3 aromatic rings. The average Bonchev–Trinajstić information content (AvgIpc) is 3.24. The molecule has 2 aromatic heterocycles. The van der Waals surface area contributed by atoms with E-state index in [9.17, 15) is 18.0 Å². The van der Waals surface area contributed by atoms with Crippen LogP contribution in [0, 0.1) is 6.92 Å². The Balaban J connectivity index is 1.69. The van der Waals surface area contributed by atoms with E-state index in [1.807, 2.05) is 17.5 Å². The van der Waals surface area contributed by atoms with E-state index in [0.29, 0.717) is 27.7 Å². The third-order valence-corrected chi connectivity index (χ3v) is 5.84. The summed E-state index contributed by atoms with van der Waals surface area (Å²) in [6.07, 6.45) is -3.61. The van der Waals surface area contributed by atoms with Gasteiger partial charge in [0.05, 0.1) is 11.3 Å². The molecule has 1 aromatic carbocycles. The highest BCUT2D eigenvalue weighted by molar-refractivity contribution is 7.17. The van der Waals surface area contributed by atoms with Gasteiger partial charge >= 0.3 is 6.18 Å². The molecule has 0 spiro atoms. The molecule has 0 atom stereocenters. The molecule has 3 rings (SSSR count). The summed E-state index contributed by atoms with van der Waals surface area (Å²) in [6, 6.07) is 8.77. The van der Waals surface area contributed by atoms with E-state index in [4.69, 9.17) is 0 Å². The number of amides is 1. The van der Waals surface area contributed by atoms with Crippen LogP contribution in [0.15, 0.2) is 41.8 Å². The fourth-order valence-corrected chi connectivity index (χ4v) is 4.06. The van der Waals surface area contributed by atoms with Crippen molar-refractivity contribution in [2.75, 3.05) is 6.54 Å². The van der Waals surface area contributed by atoms with E-state index < -0.39 is 11.7 Å². The zero-order chi connectivity index (χ0) is 18.7. The first-order chi connectivity index (χ1) is 12.3. The molecule has 0 radical (unpaired) electrons. The van der Waals surface area contributed by atoms with Gasteiger partial charge in [-0.05, 0) is 36.9 Å². The van der Waals surface area contributed by atoms with Gasteiger partial charge in [-0.15, -0.1) is 22.7 Å². The minimum atomic E-state index is -4.37. The van der Waals surface area contributed by atoms with E-state index in [-0.39, 0.29) is 5.91 Å². The Hall–Kier alpha value is -2.19. The predicted octanol–water partition coefficient (Wildman–Crippen LogP) is 5.17. The number of carbonyl (C=O) groups is 1. The Morgan fingerprint density at radius 3 is 2.54 bits per heavy atom. The highest BCUT2D eigenvalue weighted by Gasteiger charge is 2.30. The van der Waals surface area contributed by atoms with E-state index >= 15 is 0 Å². The van der Waals surface area contributed by atoms with Gasteiger partial charge in [0.2, 0.25) is 0 Å². The molecule has 0 bridgehead atoms. The molecule has 26 heavy (non-hydrogen) atoms. The second-order valence-corrected chi connectivity index (χ2v) is 7.63. The Morgan fingerprint density at radius 1 is 1.19 bits per heavy atom. The summed E-state index contributed by atoms with van der Waals surface area (Å²) in [7, 11) is 0. The molecular weight excluding hydrogens is 381 g/mol. The fourth-order valence-electron chi connectivity index (χ4n) is 2.37. The monoisotopic (exact) mass is 396 g/mol. The zero-order valence-electron chi connectivity index (χ0n) is 13.8. The van der Waals surface area contributed by atoms with Gasteiger partial charge in [-0.3, -0.25) is 4.79 Å². The predicted molar refractivity (Wildman–Crippen MR) is 97.6 cm³/mol. The number of aryl methyl sites for hydroxylation is 1. The second-order valence-electron chi connectivity index (χ2n) is 5.59. The molecule has 0 fully saturated rings. The summed E-state index contributed by atoms with van der Waals surface area (Å²) in [5.74, 6) is -0.213. The number of nitrogens with zero attached hydrogens (tertiary/aromatic N) is 1. The molecule has 2 heterocycles. The lowest BCUT2D eigenvalue weighted by atomic mass is 10.1. The largest absolute Gasteiger partial charge is 0.416 e. The molecule has 1 amide bonds. The Bertz CT molecular complexity index is 884. The lowest BCUT2D eigenvalue weighted by Gasteiger charge is -2.06. The Morgan fingerprint density at radius 2 is 1.92 bits per heavy atom. The molecule has 0 saturated carbocycles. The quantitative estimate of drug-likeness (QED) is 0.646. The topological polar surface area (TPSA) is 42.0 Å². The van der Waals surface area contributed by atoms with Gasteiger partial charge in [-0.2, -0.15) is 13.2 Å². The van der Waals surface area contributed by atoms with Crippen LogP contribution in [0.25, 0.3) is 10.6 Å². The van der Waals surface area contributed by atoms with Crippen LogP contribution < -0.4 is 5.32 Å². The zero-order valence-corrected chi connectivity index (χ0v) is 15.4. The van der Waals surface area contributed by atoms with Crippen molar-refractivity contribution in [1.82, 2.24) is 10.3 Å². The number of carbonyl (C=O) groups excluding carboxylic acids is 1. The minimum Gasteiger partial charge on any atom is -0.351 e. The molecule has 0 aliphatic carbocycles. The van der Waals surface area contributed by atoms with E-state index in [1.54, 1.807) is 18.3 Å². The summed E-state index contributed by atoms with van der Waals surface area (Å²) in [5, 5.41) is 5.38. The number of hydrogen-bond acceptors (Lipinski definition) is 4. The van der Waals surface area contributed by atoms with Crippen LogP contribution in [0.4, 0.5) is 13.2 Å². The van der Waals surface area contributed by atoms with Gasteiger partial charge in [-0.1, -0.05) is 18.2 Å². The highest BCUT2D eigenvalue weighted by atomic mass is 32.1. The summed E-state index contributed by atoms with van der Waals surface area (Å²) in [4.78, 5) is 18.3. The molecule has 0 aliphatic heterocycles. The lowest BCUT2D eigenvalue weighted by molar-refractivity contribution is -0.137. The van der Waals surface area contributed by atoms with Gasteiger partial charge in [0.1, 0.15) is 9.88 Å². The normalized spacial score (nSPS) is 11.5. The van der Waals surface area contributed by atoms with Crippen LogP contribution in [0.5, 0.6) is 0 Å². The van der Waals surface area contributed by atoms with Crippen molar-refractivity contribution in [3.05, 3.63) is 62.8 Å². The molecule has 3 nitrogen and oxygen atoms in total. The molecule has 136 valence electrons. The van der Waals surface area contributed by atoms with Crippen molar-refractivity contribution >= 4 is 28.6 Å². The van der Waals surface area contributed by atoms with Gasteiger partial charge in [0.15, 0.2) is 0 Å². The fraction of sp³-hybridized carbons (Fsp3) is 0.222. The van der Waals surface area contributed by atoms with Crippen LogP contribution in [-0.2, 0) is 12.6 Å². The number of aromatic nitrogens is 1. The van der Waals surface area contributed by atoms with Crippen molar-refractivity contribution in [1.29, 1.82) is 0 Å². The Labute approximate surface area is 156 Å². The van der Waals surface area contributed by atoms with Crippen LogP contribution in [0.2, 0.25) is 0 Å². The maximum absolute atomic E-state index is 12.7. The van der Waals surface area contributed by atoms with Gasteiger partial charge in [-0.25, -0.2) is 4.98 Å². The highest BCUT2D eigenvalue weighted by Crippen LogP contribution is 2.32. The van der Waals surface area contributed by atoms with Gasteiger partial charge in [0.25, 0.3) is 5.91 Å². The summed E-state index contributed by atoms with van der Waals surface area (Å²) in [6.45, 7) is 2.24. The van der Waals surface area contributed by atoms with Gasteiger partial charge in [0, 0.05) is 17.0 Å². The third kappa shape index (κ3) is 4.31. The molecular formula is C18H15F3N2OS2. The third-order valence-electron chi connectivity index (χ3n) is 3.70. The number of halogens is 3. The van der Waals surface area contributed by atoms with Crippen LogP contribution in [0.1, 0.15) is 25.8 Å². The van der Waals surface area contributed by atoms with Crippen molar-refractivity contribution in [2.24, 2.45) is 0 Å². The number of alkyl halides is 3. The maximum atomic E-state index is 12.7. The number of thiazole rings is 1. The lowest BCUT2D eigenvalue weighted by Crippen LogP contribution is -2.25. The number of benzene rings is 1. The first kappa shape index (κ1) is 18.6. The van der Waals surface area contributed by atoms with Crippen molar-refractivity contribution < 1.29 is 18.0 Å². The number of thiophene rings is 1. The molecule has 0 saturated heterocycles. The first-order valence-electron chi connectivity index (χ1n) is 7.80. The van der Waals surface area contributed by atoms with Gasteiger partial charge < -0.3 is 5.32 Å². The first-order valence-corrected chi connectivity index (χ1v) is 9.50. The van der Waals surface area contributed by atoms with E-state index in [0.717, 1.165) is 18.6 Å². The van der Waals surface area contributed by atoms with Crippen LogP contribution in [0.3, 0.4) is 0 Å². The molecule has 1 N–H and O–H groups in total. The van der Waals surface area contributed by atoms with Crippen LogP contribution >= 0.6 is 22.7 Å². The molecule has 0 aliphatic rings. The SMILES string of the molecule is Cc1nc(-c2ccc(C(F)(F)F)cc2)sc1C(=O)NCCc1cccs1. The van der Waals surface area contributed by atoms with E-state index in [1.165, 1.54) is 28.3 Å². The summed E-state index contributed by atoms with van der Waals surface area (Å²) >= 11 is 2.82. The maximum Gasteiger partial charge on any atom is 0.416 e. The van der Waals surface area contributed by atoms with Crippen molar-refractivity contribution in [2.45, 2.75) is 19.5 Å². The summed E-state index contributed by atoms with van der Waals surface area (Å²) in [5.41, 5.74) is 0.420. The standard InChI is InChI=1S/C18H15F3N2OS2/c1-11-15(16(24)22-9-8-14-3-2-10-25-14)26-17(23-11)12-4-6-13(7-5-12)18(19,20)21/h2-7,10H,8-9H2,1H3,(H,22,24). The van der Waals surface area contributed by atoms with Crippen molar-refractivity contribution in [3.63, 3.8) is 0 Å². The number of nitrogens with one attached hydrogen (secondary N) is 1. The van der Waals surface area contributed by atoms with Crippen LogP contribution in [-0.4, -0.2) is 17.4 Å². The Kier molecular flexibility index (Phi) is 5.43. The molecule has 8 heteroatoms.